The van der Waals surface area contributed by atoms with Gasteiger partial charge < -0.3 is 19.8 Å². The maximum atomic E-state index is 12.2. The van der Waals surface area contributed by atoms with Gasteiger partial charge in [-0.1, -0.05) is 6.92 Å². The van der Waals surface area contributed by atoms with E-state index in [0.29, 0.717) is 58.8 Å². The average Bonchev–Trinajstić information content (AvgIpc) is 2.82. The van der Waals surface area contributed by atoms with Crippen molar-refractivity contribution in [3.05, 3.63) is 0 Å². The molecule has 124 valence electrons. The smallest absolute Gasteiger partial charge is 0.320 e. The van der Waals surface area contributed by atoms with Crippen LogP contribution in [0.15, 0.2) is 0 Å². The summed E-state index contributed by atoms with van der Waals surface area (Å²) in [5, 5.41) is 9.36. The Kier molecular flexibility index (Phi) is 5.59. The predicted octanol–water partition coefficient (Wildman–Crippen LogP) is -0.639. The Bertz CT molecular complexity index is 431. The maximum absolute atomic E-state index is 12.2. The van der Waals surface area contributed by atoms with Crippen molar-refractivity contribution in [1.82, 2.24) is 19.6 Å². The minimum atomic E-state index is -0.857. The molecule has 1 atom stereocenters. The minimum Gasteiger partial charge on any atom is -0.480 e. The molecule has 1 N–H and O–H groups in total. The monoisotopic (exact) mass is 312 g/mol. The van der Waals surface area contributed by atoms with Crippen molar-refractivity contribution in [2.75, 3.05) is 52.4 Å². The van der Waals surface area contributed by atoms with E-state index in [1.165, 1.54) is 0 Å². The van der Waals surface area contributed by atoms with Gasteiger partial charge in [-0.3, -0.25) is 14.5 Å². The number of fused-ring (bicyclic) bond motifs is 2. The summed E-state index contributed by atoms with van der Waals surface area (Å²) >= 11 is 0. The first kappa shape index (κ1) is 16.5. The van der Waals surface area contributed by atoms with Gasteiger partial charge in [-0.05, 0) is 6.42 Å². The van der Waals surface area contributed by atoms with E-state index in [1.54, 1.807) is 14.7 Å². The van der Waals surface area contributed by atoms with Crippen LogP contribution in [0.25, 0.3) is 0 Å². The molecule has 3 amide bonds. The second-order valence-electron chi connectivity index (χ2n) is 5.70. The predicted molar refractivity (Wildman–Crippen MR) is 79.5 cm³/mol. The summed E-state index contributed by atoms with van der Waals surface area (Å²) in [4.78, 5) is 41.8. The standard InChI is InChI=1S/C14H24N4O4/c1-2-12(13(20)21)16-5-3-15(11-19)4-6-17-9-10-18(8-7-16)14(17)22/h11-12H,2-10H2,1H3,(H,20,21). The molecule has 2 aliphatic heterocycles. The quantitative estimate of drug-likeness (QED) is 0.698. The number of carbonyl (C=O) groups is 3. The molecule has 2 fully saturated rings. The van der Waals surface area contributed by atoms with E-state index in [2.05, 4.69) is 0 Å². The fraction of sp³-hybridized carbons (Fsp3) is 0.786. The highest BCUT2D eigenvalue weighted by atomic mass is 16.4. The van der Waals surface area contributed by atoms with Crippen molar-refractivity contribution in [3.63, 3.8) is 0 Å². The Labute approximate surface area is 130 Å². The third kappa shape index (κ3) is 3.68. The van der Waals surface area contributed by atoms with Crippen LogP contribution in [0.1, 0.15) is 13.3 Å². The lowest BCUT2D eigenvalue weighted by Crippen LogP contribution is -2.47. The highest BCUT2D eigenvalue weighted by molar-refractivity contribution is 5.76. The molecule has 2 rings (SSSR count). The van der Waals surface area contributed by atoms with Crippen molar-refractivity contribution in [2.24, 2.45) is 0 Å². The molecule has 0 radical (unpaired) electrons. The fourth-order valence-corrected chi connectivity index (χ4v) is 3.03. The van der Waals surface area contributed by atoms with Crippen LogP contribution < -0.4 is 0 Å². The minimum absolute atomic E-state index is 0.0175. The Morgan fingerprint density at radius 3 is 2.14 bits per heavy atom. The summed E-state index contributed by atoms with van der Waals surface area (Å²) < 4.78 is 0. The second-order valence-corrected chi connectivity index (χ2v) is 5.70. The lowest BCUT2D eigenvalue weighted by molar-refractivity contribution is -0.143. The zero-order chi connectivity index (χ0) is 16.1. The van der Waals surface area contributed by atoms with Gasteiger partial charge in [-0.15, -0.1) is 0 Å². The molecule has 2 saturated heterocycles. The van der Waals surface area contributed by atoms with Crippen LogP contribution >= 0.6 is 0 Å². The number of carbonyl (C=O) groups excluding carboxylic acids is 2. The van der Waals surface area contributed by atoms with E-state index in [4.69, 9.17) is 0 Å². The Balaban J connectivity index is 2.13. The summed E-state index contributed by atoms with van der Waals surface area (Å²) in [6, 6.07) is -0.598. The molecule has 22 heavy (non-hydrogen) atoms. The summed E-state index contributed by atoms with van der Waals surface area (Å²) in [5.41, 5.74) is 0. The van der Waals surface area contributed by atoms with Gasteiger partial charge in [-0.25, -0.2) is 4.79 Å². The van der Waals surface area contributed by atoms with Crippen LogP contribution in [0, 0.1) is 0 Å². The number of aliphatic carboxylic acids is 1. The Morgan fingerprint density at radius 1 is 1.09 bits per heavy atom. The molecule has 2 bridgehead atoms. The van der Waals surface area contributed by atoms with E-state index in [0.717, 1.165) is 6.41 Å². The summed E-state index contributed by atoms with van der Waals surface area (Å²) in [6.07, 6.45) is 1.27. The Hall–Kier alpha value is -1.83. The van der Waals surface area contributed by atoms with Crippen molar-refractivity contribution in [1.29, 1.82) is 0 Å². The average molecular weight is 312 g/mol. The SMILES string of the molecule is CCC(C(=O)O)N1CCN(C=O)CCN2CCN(CC1)C2=O. The molecule has 0 saturated carbocycles. The zero-order valence-corrected chi connectivity index (χ0v) is 13.0. The Morgan fingerprint density at radius 2 is 1.59 bits per heavy atom. The van der Waals surface area contributed by atoms with Crippen LogP contribution in [0.5, 0.6) is 0 Å². The molecule has 8 nitrogen and oxygen atoms in total. The summed E-state index contributed by atoms with van der Waals surface area (Å²) in [7, 11) is 0. The number of hydrogen-bond acceptors (Lipinski definition) is 4. The zero-order valence-electron chi connectivity index (χ0n) is 13.0. The molecule has 2 heterocycles. The van der Waals surface area contributed by atoms with Crippen molar-refractivity contribution < 1.29 is 19.5 Å². The number of nitrogens with zero attached hydrogens (tertiary/aromatic N) is 4. The normalized spacial score (nSPS) is 22.4. The molecular formula is C14H24N4O4. The van der Waals surface area contributed by atoms with Crippen molar-refractivity contribution >= 4 is 18.4 Å². The molecule has 0 aliphatic carbocycles. The van der Waals surface area contributed by atoms with Gasteiger partial charge in [0, 0.05) is 52.4 Å². The fourth-order valence-electron chi connectivity index (χ4n) is 3.03. The van der Waals surface area contributed by atoms with Gasteiger partial charge in [0.15, 0.2) is 0 Å². The van der Waals surface area contributed by atoms with Gasteiger partial charge in [0.25, 0.3) is 0 Å². The first-order chi connectivity index (χ1) is 10.6. The van der Waals surface area contributed by atoms with E-state index in [1.807, 2.05) is 11.8 Å². The number of hydrogen-bond donors (Lipinski definition) is 1. The first-order valence-electron chi connectivity index (χ1n) is 7.77. The molecule has 2 aliphatic rings. The van der Waals surface area contributed by atoms with Crippen LogP contribution in [0.3, 0.4) is 0 Å². The van der Waals surface area contributed by atoms with Gasteiger partial charge in [0.1, 0.15) is 6.04 Å². The van der Waals surface area contributed by atoms with E-state index in [9.17, 15) is 19.5 Å². The second kappa shape index (κ2) is 7.44. The summed E-state index contributed by atoms with van der Waals surface area (Å²) in [5.74, 6) is -0.857. The van der Waals surface area contributed by atoms with Crippen LogP contribution in [0.4, 0.5) is 4.79 Å². The number of carboxylic acid groups (broad SMARTS) is 1. The van der Waals surface area contributed by atoms with E-state index in [-0.39, 0.29) is 6.03 Å². The number of rotatable bonds is 4. The van der Waals surface area contributed by atoms with Crippen molar-refractivity contribution in [2.45, 2.75) is 19.4 Å². The largest absolute Gasteiger partial charge is 0.480 e. The van der Waals surface area contributed by atoms with Gasteiger partial charge in [0.2, 0.25) is 6.41 Å². The van der Waals surface area contributed by atoms with Gasteiger partial charge in [-0.2, -0.15) is 0 Å². The maximum Gasteiger partial charge on any atom is 0.320 e. The molecule has 8 heteroatoms. The lowest BCUT2D eigenvalue weighted by atomic mass is 10.2. The third-order valence-corrected chi connectivity index (χ3v) is 4.43. The number of amides is 3. The van der Waals surface area contributed by atoms with Gasteiger partial charge >= 0.3 is 12.0 Å². The van der Waals surface area contributed by atoms with Gasteiger partial charge in [0.05, 0.1) is 0 Å². The number of carboxylic acids is 1. The summed E-state index contributed by atoms with van der Waals surface area (Å²) in [6.45, 7) is 6.21. The molecule has 0 spiro atoms. The number of urea groups is 1. The lowest BCUT2D eigenvalue weighted by Gasteiger charge is -2.30. The molecule has 1 unspecified atom stereocenters. The topological polar surface area (TPSA) is 84.4 Å². The van der Waals surface area contributed by atoms with Crippen LogP contribution in [-0.2, 0) is 9.59 Å². The highest BCUT2D eigenvalue weighted by Gasteiger charge is 2.31. The van der Waals surface area contributed by atoms with E-state index < -0.39 is 12.0 Å². The first-order valence-corrected chi connectivity index (χ1v) is 7.77. The van der Waals surface area contributed by atoms with Crippen molar-refractivity contribution in [3.8, 4) is 0 Å². The van der Waals surface area contributed by atoms with Crippen LogP contribution in [0.2, 0.25) is 0 Å². The highest BCUT2D eigenvalue weighted by Crippen LogP contribution is 2.12. The van der Waals surface area contributed by atoms with E-state index >= 15 is 0 Å². The molecule has 0 aromatic carbocycles. The molecule has 0 aromatic heterocycles. The molecular weight excluding hydrogens is 288 g/mol. The molecule has 0 aromatic rings. The van der Waals surface area contributed by atoms with Crippen LogP contribution in [-0.4, -0.2) is 102 Å². The third-order valence-electron chi connectivity index (χ3n) is 4.43.